The van der Waals surface area contributed by atoms with Crippen LogP contribution in [0.3, 0.4) is 0 Å². The van der Waals surface area contributed by atoms with Gasteiger partial charge in [0.25, 0.3) is 0 Å². The van der Waals surface area contributed by atoms with Crippen molar-refractivity contribution in [1.29, 1.82) is 0 Å². The highest BCUT2D eigenvalue weighted by Gasteiger charge is 2.39. The minimum atomic E-state index is -0.152. The van der Waals surface area contributed by atoms with Crippen LogP contribution < -0.4 is 5.32 Å². The van der Waals surface area contributed by atoms with Crippen LogP contribution in [0, 0.1) is 5.41 Å². The van der Waals surface area contributed by atoms with E-state index in [4.69, 9.17) is 0 Å². The smallest absolute Gasteiger partial charge is 0.227 e. The summed E-state index contributed by atoms with van der Waals surface area (Å²) in [6.07, 6.45) is 0.989. The van der Waals surface area contributed by atoms with Crippen molar-refractivity contribution in [2.75, 3.05) is 31.1 Å². The Labute approximate surface area is 93.4 Å². The first-order valence-electron chi connectivity index (χ1n) is 4.63. The predicted molar refractivity (Wildman–Crippen MR) is 62.1 cm³/mol. The second-order valence-corrected chi connectivity index (χ2v) is 4.93. The SMILES string of the molecule is CNC(=O)C1(C)CCN(CCI)C1. The monoisotopic (exact) mass is 296 g/mol. The summed E-state index contributed by atoms with van der Waals surface area (Å²) in [5.74, 6) is 0.184. The maximum Gasteiger partial charge on any atom is 0.227 e. The fourth-order valence-electron chi connectivity index (χ4n) is 1.85. The molecule has 13 heavy (non-hydrogen) atoms. The average Bonchev–Trinajstić information content (AvgIpc) is 2.48. The van der Waals surface area contributed by atoms with Crippen LogP contribution in [0.25, 0.3) is 0 Å². The lowest BCUT2D eigenvalue weighted by Crippen LogP contribution is -2.39. The molecule has 0 aromatic rings. The third-order valence-corrected chi connectivity index (χ3v) is 3.21. The summed E-state index contributed by atoms with van der Waals surface area (Å²) in [4.78, 5) is 13.9. The van der Waals surface area contributed by atoms with Crippen LogP contribution >= 0.6 is 22.6 Å². The summed E-state index contributed by atoms with van der Waals surface area (Å²) in [5, 5.41) is 2.74. The van der Waals surface area contributed by atoms with Gasteiger partial charge < -0.3 is 10.2 Å². The van der Waals surface area contributed by atoms with E-state index in [2.05, 4.69) is 39.7 Å². The summed E-state index contributed by atoms with van der Waals surface area (Å²) in [6.45, 7) is 5.13. The highest BCUT2D eigenvalue weighted by atomic mass is 127. The molecule has 0 radical (unpaired) electrons. The van der Waals surface area contributed by atoms with Crippen molar-refractivity contribution in [3.8, 4) is 0 Å². The second-order valence-electron chi connectivity index (χ2n) is 3.85. The predicted octanol–water partition coefficient (Wildman–Crippen LogP) is 0.879. The molecule has 0 aromatic carbocycles. The molecule has 1 unspecified atom stereocenters. The molecular weight excluding hydrogens is 279 g/mol. The van der Waals surface area contributed by atoms with E-state index >= 15 is 0 Å². The largest absolute Gasteiger partial charge is 0.359 e. The summed E-state index contributed by atoms with van der Waals surface area (Å²) in [7, 11) is 1.72. The van der Waals surface area contributed by atoms with Gasteiger partial charge in [0.1, 0.15) is 0 Å². The van der Waals surface area contributed by atoms with Gasteiger partial charge in [0.15, 0.2) is 0 Å². The molecule has 76 valence electrons. The van der Waals surface area contributed by atoms with Gasteiger partial charge in [-0.1, -0.05) is 22.6 Å². The first-order chi connectivity index (χ1) is 6.12. The molecule has 0 aromatic heterocycles. The topological polar surface area (TPSA) is 32.3 Å². The van der Waals surface area contributed by atoms with Gasteiger partial charge >= 0.3 is 0 Å². The number of likely N-dealkylation sites (tertiary alicyclic amines) is 1. The Balaban J connectivity index is 2.50. The maximum absolute atomic E-state index is 11.5. The number of hydrogen-bond acceptors (Lipinski definition) is 2. The van der Waals surface area contributed by atoms with E-state index in [0.717, 1.165) is 30.5 Å². The highest BCUT2D eigenvalue weighted by Crippen LogP contribution is 2.29. The van der Waals surface area contributed by atoms with Crippen molar-refractivity contribution in [3.63, 3.8) is 0 Å². The van der Waals surface area contributed by atoms with E-state index < -0.39 is 0 Å². The van der Waals surface area contributed by atoms with Crippen LogP contribution in [-0.2, 0) is 4.79 Å². The third-order valence-electron chi connectivity index (χ3n) is 2.73. The number of carbonyl (C=O) groups excluding carboxylic acids is 1. The summed E-state index contributed by atoms with van der Waals surface area (Å²) >= 11 is 2.37. The fourth-order valence-corrected chi connectivity index (χ4v) is 2.54. The maximum atomic E-state index is 11.5. The number of hydrogen-bond donors (Lipinski definition) is 1. The van der Waals surface area contributed by atoms with Crippen LogP contribution in [0.1, 0.15) is 13.3 Å². The molecule has 1 heterocycles. The Morgan fingerprint density at radius 3 is 2.92 bits per heavy atom. The molecule has 0 saturated carbocycles. The summed E-state index contributed by atoms with van der Waals surface area (Å²) < 4.78 is 1.14. The Morgan fingerprint density at radius 1 is 1.69 bits per heavy atom. The van der Waals surface area contributed by atoms with Gasteiger partial charge in [-0.2, -0.15) is 0 Å². The molecule has 1 aliphatic heterocycles. The van der Waals surface area contributed by atoms with Gasteiger partial charge in [0.2, 0.25) is 5.91 Å². The van der Waals surface area contributed by atoms with Crippen LogP contribution in [-0.4, -0.2) is 41.9 Å². The van der Waals surface area contributed by atoms with Crippen LogP contribution in [0.4, 0.5) is 0 Å². The second kappa shape index (κ2) is 4.59. The van der Waals surface area contributed by atoms with E-state index in [1.807, 2.05) is 0 Å². The number of halogens is 1. The van der Waals surface area contributed by atoms with Crippen LogP contribution in [0.2, 0.25) is 0 Å². The molecule has 1 aliphatic rings. The van der Waals surface area contributed by atoms with Crippen molar-refractivity contribution in [2.45, 2.75) is 13.3 Å². The number of carbonyl (C=O) groups is 1. The molecule has 1 rings (SSSR count). The van der Waals surface area contributed by atoms with Gasteiger partial charge in [0.05, 0.1) is 5.41 Å². The first kappa shape index (κ1) is 11.2. The van der Waals surface area contributed by atoms with Crippen molar-refractivity contribution < 1.29 is 4.79 Å². The van der Waals surface area contributed by atoms with E-state index in [-0.39, 0.29) is 11.3 Å². The van der Waals surface area contributed by atoms with E-state index in [1.54, 1.807) is 7.05 Å². The average molecular weight is 296 g/mol. The zero-order chi connectivity index (χ0) is 9.90. The Hall–Kier alpha value is 0.160. The highest BCUT2D eigenvalue weighted by molar-refractivity contribution is 14.1. The van der Waals surface area contributed by atoms with Gasteiger partial charge in [-0.25, -0.2) is 0 Å². The quantitative estimate of drug-likeness (QED) is 0.619. The lowest BCUT2D eigenvalue weighted by atomic mass is 9.89. The molecule has 1 atom stereocenters. The lowest BCUT2D eigenvalue weighted by molar-refractivity contribution is -0.129. The van der Waals surface area contributed by atoms with Crippen molar-refractivity contribution in [3.05, 3.63) is 0 Å². The van der Waals surface area contributed by atoms with Crippen molar-refractivity contribution in [2.24, 2.45) is 5.41 Å². The molecule has 1 amide bonds. The number of rotatable bonds is 3. The first-order valence-corrected chi connectivity index (χ1v) is 6.15. The molecule has 0 bridgehead atoms. The molecule has 0 spiro atoms. The fraction of sp³-hybridized carbons (Fsp3) is 0.889. The third kappa shape index (κ3) is 2.56. The van der Waals surface area contributed by atoms with Gasteiger partial charge in [-0.15, -0.1) is 0 Å². The van der Waals surface area contributed by atoms with Gasteiger partial charge in [-0.3, -0.25) is 4.79 Å². The number of alkyl halides is 1. The van der Waals surface area contributed by atoms with E-state index in [9.17, 15) is 4.79 Å². The molecule has 1 N–H and O–H groups in total. The molecule has 3 nitrogen and oxygen atoms in total. The summed E-state index contributed by atoms with van der Waals surface area (Å²) in [6, 6.07) is 0. The minimum Gasteiger partial charge on any atom is -0.359 e. The molecule has 4 heteroatoms. The standard InChI is InChI=1S/C9H17IN2O/c1-9(8(13)11-2)3-5-12(7-9)6-4-10/h3-7H2,1-2H3,(H,11,13). The number of nitrogens with zero attached hydrogens (tertiary/aromatic N) is 1. The van der Waals surface area contributed by atoms with Crippen molar-refractivity contribution >= 4 is 28.5 Å². The Bertz CT molecular complexity index is 198. The number of nitrogens with one attached hydrogen (secondary N) is 1. The van der Waals surface area contributed by atoms with Crippen LogP contribution in [0.5, 0.6) is 0 Å². The van der Waals surface area contributed by atoms with E-state index in [1.165, 1.54) is 0 Å². The number of amides is 1. The zero-order valence-corrected chi connectivity index (χ0v) is 10.4. The Morgan fingerprint density at radius 2 is 2.38 bits per heavy atom. The zero-order valence-electron chi connectivity index (χ0n) is 8.27. The van der Waals surface area contributed by atoms with Crippen LogP contribution in [0.15, 0.2) is 0 Å². The molecule has 1 fully saturated rings. The van der Waals surface area contributed by atoms with Gasteiger partial charge in [0, 0.05) is 24.6 Å². The van der Waals surface area contributed by atoms with Gasteiger partial charge in [-0.05, 0) is 19.9 Å². The van der Waals surface area contributed by atoms with Crippen molar-refractivity contribution in [1.82, 2.24) is 10.2 Å². The van der Waals surface area contributed by atoms with E-state index in [0.29, 0.717) is 0 Å². The lowest BCUT2D eigenvalue weighted by Gasteiger charge is -2.22. The normalized spacial score (nSPS) is 29.2. The Kier molecular flexibility index (Phi) is 3.97. The summed E-state index contributed by atoms with van der Waals surface area (Å²) in [5.41, 5.74) is -0.152. The molecule has 1 saturated heterocycles. The minimum absolute atomic E-state index is 0.152. The molecule has 0 aliphatic carbocycles. The molecular formula is C9H17IN2O.